The van der Waals surface area contributed by atoms with E-state index in [1.54, 1.807) is 13.2 Å². The van der Waals surface area contributed by atoms with Crippen molar-refractivity contribution in [2.45, 2.75) is 43.8 Å². The molecule has 0 saturated heterocycles. The summed E-state index contributed by atoms with van der Waals surface area (Å²) in [6, 6.07) is 4.65. The quantitative estimate of drug-likeness (QED) is 0.891. The van der Waals surface area contributed by atoms with E-state index >= 15 is 0 Å². The van der Waals surface area contributed by atoms with Crippen LogP contribution in [-0.2, 0) is 11.2 Å². The van der Waals surface area contributed by atoms with Crippen molar-refractivity contribution >= 4 is 11.6 Å². The molecule has 0 aliphatic heterocycles. The van der Waals surface area contributed by atoms with Crippen molar-refractivity contribution in [2.75, 3.05) is 7.11 Å². The molecular formula is C14H18ClFO2. The second kappa shape index (κ2) is 5.55. The molecule has 1 fully saturated rings. The zero-order valence-corrected chi connectivity index (χ0v) is 11.2. The van der Waals surface area contributed by atoms with Crippen LogP contribution in [0.4, 0.5) is 4.39 Å². The van der Waals surface area contributed by atoms with Crippen molar-refractivity contribution in [3.8, 4) is 0 Å². The number of benzene rings is 1. The van der Waals surface area contributed by atoms with Gasteiger partial charge in [-0.15, -0.1) is 0 Å². The van der Waals surface area contributed by atoms with Gasteiger partial charge in [-0.25, -0.2) is 4.39 Å². The smallest absolute Gasteiger partial charge is 0.142 e. The van der Waals surface area contributed by atoms with Gasteiger partial charge in [-0.1, -0.05) is 17.7 Å². The van der Waals surface area contributed by atoms with Crippen LogP contribution in [0.15, 0.2) is 18.2 Å². The third-order valence-electron chi connectivity index (χ3n) is 3.76. The maximum Gasteiger partial charge on any atom is 0.142 e. The van der Waals surface area contributed by atoms with Gasteiger partial charge in [-0.05, 0) is 43.4 Å². The van der Waals surface area contributed by atoms with Gasteiger partial charge >= 0.3 is 0 Å². The van der Waals surface area contributed by atoms with Gasteiger partial charge in [0.2, 0.25) is 0 Å². The van der Waals surface area contributed by atoms with Crippen LogP contribution < -0.4 is 0 Å². The van der Waals surface area contributed by atoms with Crippen molar-refractivity contribution in [2.24, 2.45) is 0 Å². The molecule has 0 heterocycles. The topological polar surface area (TPSA) is 29.5 Å². The number of aliphatic hydroxyl groups excluding tert-OH is 1. The number of rotatable bonds is 5. The fourth-order valence-corrected chi connectivity index (χ4v) is 2.62. The lowest BCUT2D eigenvalue weighted by atomic mass is 9.75. The van der Waals surface area contributed by atoms with E-state index in [0.717, 1.165) is 24.8 Å². The number of hydrogen-bond acceptors (Lipinski definition) is 2. The molecule has 1 N–H and O–H groups in total. The number of hydrogen-bond donors (Lipinski definition) is 1. The van der Waals surface area contributed by atoms with Gasteiger partial charge in [0, 0.05) is 13.5 Å². The minimum absolute atomic E-state index is 0.112. The Morgan fingerprint density at radius 3 is 2.72 bits per heavy atom. The van der Waals surface area contributed by atoms with Gasteiger partial charge in [0.05, 0.1) is 16.7 Å². The highest BCUT2D eigenvalue weighted by atomic mass is 35.5. The number of halogens is 2. The Bertz CT molecular complexity index is 413. The van der Waals surface area contributed by atoms with Crippen LogP contribution in [0, 0.1) is 5.82 Å². The highest BCUT2D eigenvalue weighted by molar-refractivity contribution is 6.30. The number of ether oxygens (including phenoxy) is 1. The molecule has 18 heavy (non-hydrogen) atoms. The highest BCUT2D eigenvalue weighted by Crippen LogP contribution is 2.39. The molecule has 100 valence electrons. The van der Waals surface area contributed by atoms with E-state index in [1.807, 2.05) is 0 Å². The minimum Gasteiger partial charge on any atom is -0.393 e. The van der Waals surface area contributed by atoms with Crippen molar-refractivity contribution in [1.82, 2.24) is 0 Å². The van der Waals surface area contributed by atoms with E-state index in [4.69, 9.17) is 16.3 Å². The van der Waals surface area contributed by atoms with Gasteiger partial charge in [0.25, 0.3) is 0 Å². The summed E-state index contributed by atoms with van der Waals surface area (Å²) in [7, 11) is 1.69. The Balaban J connectivity index is 1.94. The first-order valence-corrected chi connectivity index (χ1v) is 6.60. The van der Waals surface area contributed by atoms with Crippen LogP contribution >= 0.6 is 11.6 Å². The summed E-state index contributed by atoms with van der Waals surface area (Å²) >= 11 is 5.62. The Hall–Kier alpha value is -0.640. The molecule has 1 unspecified atom stereocenters. The molecule has 4 heteroatoms. The van der Waals surface area contributed by atoms with E-state index in [0.29, 0.717) is 12.8 Å². The van der Waals surface area contributed by atoms with Crippen LogP contribution in [0.3, 0.4) is 0 Å². The third kappa shape index (κ3) is 3.02. The van der Waals surface area contributed by atoms with Crippen molar-refractivity contribution in [3.05, 3.63) is 34.6 Å². The van der Waals surface area contributed by atoms with Crippen LogP contribution in [0.1, 0.15) is 31.2 Å². The lowest BCUT2D eigenvalue weighted by molar-refractivity contribution is -0.0989. The second-order valence-electron chi connectivity index (χ2n) is 5.05. The summed E-state index contributed by atoms with van der Waals surface area (Å²) < 4.78 is 18.7. The largest absolute Gasteiger partial charge is 0.393 e. The lowest BCUT2D eigenvalue weighted by Crippen LogP contribution is -2.42. The number of aliphatic hydroxyl groups is 1. The highest BCUT2D eigenvalue weighted by Gasteiger charge is 2.38. The molecule has 0 amide bonds. The zero-order valence-electron chi connectivity index (χ0n) is 10.5. The van der Waals surface area contributed by atoms with E-state index in [1.165, 1.54) is 12.1 Å². The van der Waals surface area contributed by atoms with Crippen LogP contribution in [-0.4, -0.2) is 23.9 Å². The first-order chi connectivity index (χ1) is 8.54. The van der Waals surface area contributed by atoms with Gasteiger partial charge in [-0.2, -0.15) is 0 Å². The normalized spacial score (nSPS) is 19.3. The molecule has 1 atom stereocenters. The Kier molecular flexibility index (Phi) is 4.25. The first kappa shape index (κ1) is 13.8. The van der Waals surface area contributed by atoms with Crippen molar-refractivity contribution < 1.29 is 14.2 Å². The molecule has 0 bridgehead atoms. The standard InChI is InChI=1S/C14H18ClFO2/c1-18-14(5-2-6-14)9-11(17)7-10-3-4-12(15)13(16)8-10/h3-4,8,11,17H,2,5-7,9H2,1H3. The van der Waals surface area contributed by atoms with E-state index in [2.05, 4.69) is 0 Å². The summed E-state index contributed by atoms with van der Waals surface area (Å²) in [6.45, 7) is 0. The summed E-state index contributed by atoms with van der Waals surface area (Å²) in [6.07, 6.45) is 3.67. The van der Waals surface area contributed by atoms with Gasteiger partial charge in [0.1, 0.15) is 5.82 Å². The fraction of sp³-hybridized carbons (Fsp3) is 0.571. The molecule has 1 aromatic carbocycles. The molecule has 2 nitrogen and oxygen atoms in total. The third-order valence-corrected chi connectivity index (χ3v) is 4.07. The summed E-state index contributed by atoms with van der Waals surface area (Å²) in [5.74, 6) is -0.438. The summed E-state index contributed by atoms with van der Waals surface area (Å²) in [4.78, 5) is 0. The maximum absolute atomic E-state index is 13.3. The van der Waals surface area contributed by atoms with Crippen molar-refractivity contribution in [1.29, 1.82) is 0 Å². The Morgan fingerprint density at radius 1 is 1.50 bits per heavy atom. The number of methoxy groups -OCH3 is 1. The van der Waals surface area contributed by atoms with Gasteiger partial charge in [-0.3, -0.25) is 0 Å². The van der Waals surface area contributed by atoms with Gasteiger partial charge in [0.15, 0.2) is 0 Å². The molecule has 1 aromatic rings. The predicted octanol–water partition coefficient (Wildman–Crippen LogP) is 3.34. The molecule has 0 spiro atoms. The van der Waals surface area contributed by atoms with Gasteiger partial charge < -0.3 is 9.84 Å². The molecule has 2 rings (SSSR count). The SMILES string of the molecule is COC1(CC(O)Cc2ccc(Cl)c(F)c2)CCC1. The summed E-state index contributed by atoms with van der Waals surface area (Å²) in [5.41, 5.74) is 0.597. The molecule has 0 radical (unpaired) electrons. The van der Waals surface area contributed by atoms with Crippen LogP contribution in [0.5, 0.6) is 0 Å². The Labute approximate surface area is 112 Å². The van der Waals surface area contributed by atoms with E-state index in [-0.39, 0.29) is 10.6 Å². The van der Waals surface area contributed by atoms with Crippen LogP contribution in [0.2, 0.25) is 5.02 Å². The maximum atomic E-state index is 13.3. The summed E-state index contributed by atoms with van der Waals surface area (Å²) in [5, 5.41) is 10.2. The zero-order chi connectivity index (χ0) is 13.2. The Morgan fingerprint density at radius 2 is 2.22 bits per heavy atom. The predicted molar refractivity (Wildman–Crippen MR) is 69.3 cm³/mol. The second-order valence-corrected chi connectivity index (χ2v) is 5.46. The minimum atomic E-state index is -0.508. The monoisotopic (exact) mass is 272 g/mol. The van der Waals surface area contributed by atoms with Crippen molar-refractivity contribution in [3.63, 3.8) is 0 Å². The molecule has 1 aliphatic carbocycles. The van der Waals surface area contributed by atoms with E-state index < -0.39 is 11.9 Å². The molecular weight excluding hydrogens is 255 g/mol. The first-order valence-electron chi connectivity index (χ1n) is 6.22. The lowest BCUT2D eigenvalue weighted by Gasteiger charge is -2.41. The average molecular weight is 273 g/mol. The average Bonchev–Trinajstić information content (AvgIpc) is 2.29. The molecule has 1 saturated carbocycles. The van der Waals surface area contributed by atoms with Crippen LogP contribution in [0.25, 0.3) is 0 Å². The molecule has 1 aliphatic rings. The molecule has 0 aromatic heterocycles. The van der Waals surface area contributed by atoms with E-state index in [9.17, 15) is 9.50 Å². The fourth-order valence-electron chi connectivity index (χ4n) is 2.50.